The molecule has 7 nitrogen and oxygen atoms in total. The molecule has 116 valence electrons. The van der Waals surface area contributed by atoms with E-state index in [0.717, 1.165) is 0 Å². The topological polar surface area (TPSA) is 101 Å². The molecular weight excluding hydrogens is 296 g/mol. The Bertz CT molecular complexity index is 873. The number of nitro groups is 1. The maximum absolute atomic E-state index is 12.1. The predicted octanol–water partition coefficient (Wildman–Crippen LogP) is 2.96. The number of amides is 1. The normalized spacial score (nSPS) is 12.0. The van der Waals surface area contributed by atoms with Crippen LogP contribution < -0.4 is 5.32 Å². The van der Waals surface area contributed by atoms with Gasteiger partial charge in [0, 0.05) is 17.7 Å². The van der Waals surface area contributed by atoms with Crippen LogP contribution >= 0.6 is 0 Å². The van der Waals surface area contributed by atoms with E-state index in [2.05, 4.69) is 15.3 Å². The third-order valence-electron chi connectivity index (χ3n) is 3.49. The Morgan fingerprint density at radius 2 is 2.00 bits per heavy atom. The fourth-order valence-corrected chi connectivity index (χ4v) is 2.27. The zero-order valence-corrected chi connectivity index (χ0v) is 12.3. The highest BCUT2D eigenvalue weighted by Gasteiger charge is 2.16. The molecule has 3 rings (SSSR count). The number of benzene rings is 2. The molecular formula is C16H14N4O3. The summed E-state index contributed by atoms with van der Waals surface area (Å²) in [5, 5.41) is 13.6. The molecule has 0 aliphatic carbocycles. The van der Waals surface area contributed by atoms with Crippen LogP contribution in [0.25, 0.3) is 11.0 Å². The standard InChI is InChI=1S/C16H14N4O3/c1-10(17-16(21)11-5-3-2-4-6-11)15-18-13-8-7-12(20(22)23)9-14(13)19-15/h2-10H,1H3,(H,17,21)(H,18,19). The fraction of sp³-hybridized carbons (Fsp3) is 0.125. The number of hydrogen-bond donors (Lipinski definition) is 2. The molecule has 7 heteroatoms. The van der Waals surface area contributed by atoms with Crippen LogP contribution in [0.5, 0.6) is 0 Å². The van der Waals surface area contributed by atoms with Gasteiger partial charge in [0.2, 0.25) is 0 Å². The Kier molecular flexibility index (Phi) is 3.76. The number of aromatic nitrogens is 2. The number of nitro benzene ring substituents is 1. The summed E-state index contributed by atoms with van der Waals surface area (Å²) in [4.78, 5) is 29.9. The van der Waals surface area contributed by atoms with E-state index in [4.69, 9.17) is 0 Å². The molecule has 0 bridgehead atoms. The average Bonchev–Trinajstić information content (AvgIpc) is 2.98. The third kappa shape index (κ3) is 3.03. The van der Waals surface area contributed by atoms with Crippen LogP contribution in [0.15, 0.2) is 48.5 Å². The van der Waals surface area contributed by atoms with Crippen LogP contribution in [-0.2, 0) is 0 Å². The van der Waals surface area contributed by atoms with Gasteiger partial charge in [-0.2, -0.15) is 0 Å². The lowest BCUT2D eigenvalue weighted by Crippen LogP contribution is -2.27. The van der Waals surface area contributed by atoms with Crippen molar-refractivity contribution < 1.29 is 9.72 Å². The van der Waals surface area contributed by atoms with Crippen molar-refractivity contribution in [3.8, 4) is 0 Å². The molecule has 0 saturated carbocycles. The van der Waals surface area contributed by atoms with Crippen molar-refractivity contribution in [2.24, 2.45) is 0 Å². The molecule has 0 saturated heterocycles. The second-order valence-electron chi connectivity index (χ2n) is 5.14. The number of imidazole rings is 1. The van der Waals surface area contributed by atoms with Crippen LogP contribution in [0.1, 0.15) is 29.1 Å². The van der Waals surface area contributed by atoms with Crippen molar-refractivity contribution >= 4 is 22.6 Å². The number of non-ortho nitro benzene ring substituents is 1. The molecule has 2 aromatic carbocycles. The molecule has 0 aliphatic rings. The Labute approximate surface area is 131 Å². The maximum Gasteiger partial charge on any atom is 0.271 e. The van der Waals surface area contributed by atoms with E-state index in [1.165, 1.54) is 12.1 Å². The number of nitrogens with zero attached hydrogens (tertiary/aromatic N) is 2. The third-order valence-corrected chi connectivity index (χ3v) is 3.49. The second kappa shape index (κ2) is 5.88. The summed E-state index contributed by atoms with van der Waals surface area (Å²) >= 11 is 0. The Morgan fingerprint density at radius 3 is 2.70 bits per heavy atom. The van der Waals surface area contributed by atoms with E-state index in [1.807, 2.05) is 6.07 Å². The number of H-pyrrole nitrogens is 1. The predicted molar refractivity (Wildman–Crippen MR) is 85.1 cm³/mol. The van der Waals surface area contributed by atoms with Gasteiger partial charge in [-0.15, -0.1) is 0 Å². The molecule has 1 unspecified atom stereocenters. The molecule has 1 aromatic heterocycles. The van der Waals surface area contributed by atoms with Gasteiger partial charge >= 0.3 is 0 Å². The highest BCUT2D eigenvalue weighted by molar-refractivity contribution is 5.94. The summed E-state index contributed by atoms with van der Waals surface area (Å²) in [6, 6.07) is 12.9. The molecule has 0 spiro atoms. The van der Waals surface area contributed by atoms with Gasteiger partial charge in [0.25, 0.3) is 11.6 Å². The molecule has 0 fully saturated rings. The van der Waals surface area contributed by atoms with E-state index < -0.39 is 4.92 Å². The summed E-state index contributed by atoms with van der Waals surface area (Å²) in [6.07, 6.45) is 0. The minimum atomic E-state index is -0.458. The minimum Gasteiger partial charge on any atom is -0.342 e. The first-order chi connectivity index (χ1) is 11.0. The summed E-state index contributed by atoms with van der Waals surface area (Å²) in [5.74, 6) is 0.342. The monoisotopic (exact) mass is 310 g/mol. The summed E-state index contributed by atoms with van der Waals surface area (Å²) in [5.41, 5.74) is 1.74. The fourth-order valence-electron chi connectivity index (χ4n) is 2.27. The largest absolute Gasteiger partial charge is 0.342 e. The van der Waals surface area contributed by atoms with Gasteiger partial charge in [0.05, 0.1) is 22.0 Å². The molecule has 0 radical (unpaired) electrons. The van der Waals surface area contributed by atoms with Crippen LogP contribution in [0.3, 0.4) is 0 Å². The van der Waals surface area contributed by atoms with E-state index in [9.17, 15) is 14.9 Å². The van der Waals surface area contributed by atoms with Gasteiger partial charge in [-0.05, 0) is 25.1 Å². The highest BCUT2D eigenvalue weighted by atomic mass is 16.6. The van der Waals surface area contributed by atoms with Crippen LogP contribution in [-0.4, -0.2) is 20.8 Å². The first-order valence-electron chi connectivity index (χ1n) is 7.04. The van der Waals surface area contributed by atoms with Crippen molar-refractivity contribution in [3.05, 3.63) is 70.0 Å². The molecule has 2 N–H and O–H groups in total. The lowest BCUT2D eigenvalue weighted by molar-refractivity contribution is -0.384. The average molecular weight is 310 g/mol. The number of hydrogen-bond acceptors (Lipinski definition) is 4. The van der Waals surface area contributed by atoms with Gasteiger partial charge in [-0.25, -0.2) is 4.98 Å². The summed E-state index contributed by atoms with van der Waals surface area (Å²) < 4.78 is 0. The van der Waals surface area contributed by atoms with Gasteiger partial charge in [-0.3, -0.25) is 14.9 Å². The van der Waals surface area contributed by atoms with Crippen molar-refractivity contribution in [1.29, 1.82) is 0 Å². The molecule has 0 aliphatic heterocycles. The summed E-state index contributed by atoms with van der Waals surface area (Å²) in [6.45, 7) is 1.80. The van der Waals surface area contributed by atoms with Crippen LogP contribution in [0.4, 0.5) is 5.69 Å². The van der Waals surface area contributed by atoms with E-state index >= 15 is 0 Å². The molecule has 3 aromatic rings. The minimum absolute atomic E-state index is 0.00586. The zero-order valence-electron chi connectivity index (χ0n) is 12.3. The SMILES string of the molecule is CC(NC(=O)c1ccccc1)c1nc2ccc([N+](=O)[O-])cc2[nH]1. The lowest BCUT2D eigenvalue weighted by atomic mass is 10.2. The Hall–Kier alpha value is -3.22. The highest BCUT2D eigenvalue weighted by Crippen LogP contribution is 2.21. The quantitative estimate of drug-likeness (QED) is 0.571. The first kappa shape index (κ1) is 14.7. The van der Waals surface area contributed by atoms with E-state index in [0.29, 0.717) is 22.4 Å². The number of rotatable bonds is 4. The molecule has 1 heterocycles. The maximum atomic E-state index is 12.1. The molecule has 23 heavy (non-hydrogen) atoms. The number of carbonyl (C=O) groups is 1. The number of nitrogens with one attached hydrogen (secondary N) is 2. The van der Waals surface area contributed by atoms with E-state index in [1.54, 1.807) is 37.3 Å². The van der Waals surface area contributed by atoms with Gasteiger partial charge in [0.15, 0.2) is 0 Å². The number of fused-ring (bicyclic) bond motifs is 1. The molecule has 1 amide bonds. The lowest BCUT2D eigenvalue weighted by Gasteiger charge is -2.11. The zero-order chi connectivity index (χ0) is 16.4. The second-order valence-corrected chi connectivity index (χ2v) is 5.14. The number of aromatic amines is 1. The van der Waals surface area contributed by atoms with Crippen molar-refractivity contribution in [3.63, 3.8) is 0 Å². The Morgan fingerprint density at radius 1 is 1.26 bits per heavy atom. The summed E-state index contributed by atoms with van der Waals surface area (Å²) in [7, 11) is 0. The van der Waals surface area contributed by atoms with Crippen LogP contribution in [0.2, 0.25) is 0 Å². The van der Waals surface area contributed by atoms with Gasteiger partial charge in [0.1, 0.15) is 5.82 Å². The van der Waals surface area contributed by atoms with E-state index in [-0.39, 0.29) is 17.6 Å². The van der Waals surface area contributed by atoms with Gasteiger partial charge < -0.3 is 10.3 Å². The van der Waals surface area contributed by atoms with Gasteiger partial charge in [-0.1, -0.05) is 18.2 Å². The number of carbonyl (C=O) groups excluding carboxylic acids is 1. The van der Waals surface area contributed by atoms with Crippen molar-refractivity contribution in [2.45, 2.75) is 13.0 Å². The smallest absolute Gasteiger partial charge is 0.271 e. The van der Waals surface area contributed by atoms with Crippen molar-refractivity contribution in [2.75, 3.05) is 0 Å². The van der Waals surface area contributed by atoms with Crippen LogP contribution in [0, 0.1) is 10.1 Å². The molecule has 1 atom stereocenters. The van der Waals surface area contributed by atoms with Crippen molar-refractivity contribution in [1.82, 2.24) is 15.3 Å². The Balaban J connectivity index is 1.82. The first-order valence-corrected chi connectivity index (χ1v) is 7.04.